The molecule has 0 bridgehead atoms. The summed E-state index contributed by atoms with van der Waals surface area (Å²) in [6.07, 6.45) is 0.339. The largest absolute Gasteiger partial charge is 0.479 e. The molecular formula is C18H27ClN4O3. The van der Waals surface area contributed by atoms with Crippen molar-refractivity contribution in [1.29, 1.82) is 0 Å². The summed E-state index contributed by atoms with van der Waals surface area (Å²) in [4.78, 5) is 28.5. The van der Waals surface area contributed by atoms with Gasteiger partial charge in [-0.05, 0) is 32.0 Å². The van der Waals surface area contributed by atoms with Crippen molar-refractivity contribution in [2.45, 2.75) is 19.4 Å². The van der Waals surface area contributed by atoms with Crippen LogP contribution in [0.3, 0.4) is 0 Å². The highest BCUT2D eigenvalue weighted by Crippen LogP contribution is 2.33. The van der Waals surface area contributed by atoms with Gasteiger partial charge in [-0.1, -0.05) is 12.1 Å². The number of carbonyl (C=O) groups excluding carboxylic acids is 2. The second-order valence-corrected chi connectivity index (χ2v) is 6.45. The number of rotatable bonds is 6. The molecule has 1 atom stereocenters. The van der Waals surface area contributed by atoms with Gasteiger partial charge >= 0.3 is 0 Å². The first-order chi connectivity index (χ1) is 12.1. The van der Waals surface area contributed by atoms with Crippen molar-refractivity contribution in [3.05, 3.63) is 24.3 Å². The van der Waals surface area contributed by atoms with E-state index in [-0.39, 0.29) is 30.8 Å². The fourth-order valence-corrected chi connectivity index (χ4v) is 3.19. The third-order valence-electron chi connectivity index (χ3n) is 4.56. The number of hydrogen-bond acceptors (Lipinski definition) is 5. The first-order valence-electron chi connectivity index (χ1n) is 8.92. The van der Waals surface area contributed by atoms with Crippen LogP contribution in [0.1, 0.15) is 13.3 Å². The zero-order valence-corrected chi connectivity index (χ0v) is 15.9. The predicted molar refractivity (Wildman–Crippen MR) is 103 cm³/mol. The Morgan fingerprint density at radius 2 is 2.04 bits per heavy atom. The maximum absolute atomic E-state index is 12.4. The summed E-state index contributed by atoms with van der Waals surface area (Å²) in [5.41, 5.74) is 0.654. The summed E-state index contributed by atoms with van der Waals surface area (Å²) in [5, 5.41) is 6.25. The van der Waals surface area contributed by atoms with Gasteiger partial charge < -0.3 is 20.3 Å². The number of hydrogen-bond donors (Lipinski definition) is 2. The van der Waals surface area contributed by atoms with Crippen LogP contribution in [-0.2, 0) is 9.59 Å². The van der Waals surface area contributed by atoms with Gasteiger partial charge in [-0.2, -0.15) is 0 Å². The highest BCUT2D eigenvalue weighted by Gasteiger charge is 2.32. The molecule has 2 aliphatic rings. The van der Waals surface area contributed by atoms with E-state index >= 15 is 0 Å². The molecule has 26 heavy (non-hydrogen) atoms. The molecule has 1 saturated heterocycles. The van der Waals surface area contributed by atoms with Gasteiger partial charge in [0.15, 0.2) is 6.10 Å². The molecule has 7 nitrogen and oxygen atoms in total. The third kappa shape index (κ3) is 5.09. The molecule has 144 valence electrons. The van der Waals surface area contributed by atoms with Gasteiger partial charge in [0.25, 0.3) is 5.91 Å². The Morgan fingerprint density at radius 3 is 2.81 bits per heavy atom. The molecule has 2 N–H and O–H groups in total. The van der Waals surface area contributed by atoms with Crippen LogP contribution >= 0.6 is 12.4 Å². The standard InChI is InChI=1S/C18H26N4O3.ClH/c1-14-18(24)22(15-5-2-3-6-16(15)25-14)13-17(23)20-7-4-10-21-11-8-19-9-12-21;/h2-3,5-6,14,19H,4,7-13H2,1H3,(H,20,23);1H. The number of amides is 2. The Hall–Kier alpha value is -1.83. The minimum absolute atomic E-state index is 0. The minimum atomic E-state index is -0.574. The van der Waals surface area contributed by atoms with Crippen LogP contribution in [0.5, 0.6) is 5.75 Å². The first kappa shape index (κ1) is 20.5. The third-order valence-corrected chi connectivity index (χ3v) is 4.56. The Morgan fingerprint density at radius 1 is 1.31 bits per heavy atom. The molecule has 0 aromatic heterocycles. The second kappa shape index (κ2) is 9.75. The van der Waals surface area contributed by atoms with E-state index in [9.17, 15) is 9.59 Å². The fourth-order valence-electron chi connectivity index (χ4n) is 3.19. The number of benzene rings is 1. The number of fused-ring (bicyclic) bond motifs is 1. The summed E-state index contributed by atoms with van der Waals surface area (Å²) < 4.78 is 5.59. The normalized spacial score (nSPS) is 20.0. The van der Waals surface area contributed by atoms with Crippen molar-refractivity contribution in [1.82, 2.24) is 15.5 Å². The maximum Gasteiger partial charge on any atom is 0.268 e. The zero-order chi connectivity index (χ0) is 17.6. The average Bonchev–Trinajstić information content (AvgIpc) is 2.63. The molecule has 2 aliphatic heterocycles. The van der Waals surface area contributed by atoms with Crippen LogP contribution in [0.15, 0.2) is 24.3 Å². The van der Waals surface area contributed by atoms with Gasteiger partial charge in [-0.15, -0.1) is 12.4 Å². The number of nitrogens with zero attached hydrogens (tertiary/aromatic N) is 2. The van der Waals surface area contributed by atoms with Gasteiger partial charge in [0.2, 0.25) is 5.91 Å². The van der Waals surface area contributed by atoms with Gasteiger partial charge in [0, 0.05) is 32.7 Å². The molecule has 0 radical (unpaired) electrons. The Labute approximate surface area is 160 Å². The molecule has 1 aromatic rings. The van der Waals surface area contributed by atoms with Crippen LogP contribution in [0.2, 0.25) is 0 Å². The van der Waals surface area contributed by atoms with E-state index in [2.05, 4.69) is 15.5 Å². The fraction of sp³-hybridized carbons (Fsp3) is 0.556. The molecule has 3 rings (SSSR count). The van der Waals surface area contributed by atoms with Gasteiger partial charge in [0.1, 0.15) is 12.3 Å². The van der Waals surface area contributed by atoms with Crippen molar-refractivity contribution in [2.75, 3.05) is 50.7 Å². The lowest BCUT2D eigenvalue weighted by Gasteiger charge is -2.32. The molecule has 1 fully saturated rings. The van der Waals surface area contributed by atoms with Crippen molar-refractivity contribution < 1.29 is 14.3 Å². The highest BCUT2D eigenvalue weighted by atomic mass is 35.5. The minimum Gasteiger partial charge on any atom is -0.479 e. The van der Waals surface area contributed by atoms with Crippen molar-refractivity contribution in [3.63, 3.8) is 0 Å². The number of piperazine rings is 1. The molecule has 2 amide bonds. The molecule has 1 aromatic carbocycles. The summed E-state index contributed by atoms with van der Waals surface area (Å²) >= 11 is 0. The van der Waals surface area contributed by atoms with E-state index < -0.39 is 6.10 Å². The maximum atomic E-state index is 12.4. The number of ether oxygens (including phenoxy) is 1. The first-order valence-corrected chi connectivity index (χ1v) is 8.92. The lowest BCUT2D eigenvalue weighted by molar-refractivity contribution is -0.128. The van der Waals surface area contributed by atoms with E-state index in [1.165, 1.54) is 4.90 Å². The van der Waals surface area contributed by atoms with Crippen molar-refractivity contribution >= 4 is 29.9 Å². The smallest absolute Gasteiger partial charge is 0.268 e. The van der Waals surface area contributed by atoms with E-state index in [1.54, 1.807) is 13.0 Å². The Bertz CT molecular complexity index is 622. The van der Waals surface area contributed by atoms with E-state index in [1.807, 2.05) is 18.2 Å². The lowest BCUT2D eigenvalue weighted by Crippen LogP contribution is -2.49. The topological polar surface area (TPSA) is 73.9 Å². The molecule has 2 heterocycles. The lowest BCUT2D eigenvalue weighted by atomic mass is 10.2. The molecular weight excluding hydrogens is 356 g/mol. The molecule has 0 aliphatic carbocycles. The van der Waals surface area contributed by atoms with Crippen molar-refractivity contribution in [3.8, 4) is 5.75 Å². The van der Waals surface area contributed by atoms with E-state index in [4.69, 9.17) is 4.74 Å². The Balaban J connectivity index is 0.00000243. The number of halogens is 1. The summed E-state index contributed by atoms with van der Waals surface area (Å²) in [6.45, 7) is 7.52. The van der Waals surface area contributed by atoms with Gasteiger partial charge in [0.05, 0.1) is 5.69 Å². The monoisotopic (exact) mass is 382 g/mol. The average molecular weight is 383 g/mol. The Kier molecular flexibility index (Phi) is 7.68. The van der Waals surface area contributed by atoms with Crippen LogP contribution in [-0.4, -0.2) is 68.6 Å². The SMILES string of the molecule is CC1Oc2ccccc2N(CC(=O)NCCCN2CCNCC2)C1=O.Cl. The predicted octanol–water partition coefficient (Wildman–Crippen LogP) is 0.634. The molecule has 8 heteroatoms. The number of para-hydroxylation sites is 2. The number of carbonyl (C=O) groups is 2. The van der Waals surface area contributed by atoms with Crippen molar-refractivity contribution in [2.24, 2.45) is 0 Å². The molecule has 0 saturated carbocycles. The van der Waals surface area contributed by atoms with E-state index in [0.717, 1.165) is 39.1 Å². The second-order valence-electron chi connectivity index (χ2n) is 6.45. The van der Waals surface area contributed by atoms with E-state index in [0.29, 0.717) is 18.0 Å². The van der Waals surface area contributed by atoms with Gasteiger partial charge in [-0.25, -0.2) is 0 Å². The number of nitrogens with one attached hydrogen (secondary N) is 2. The van der Waals surface area contributed by atoms with Crippen LogP contribution in [0, 0.1) is 0 Å². The summed E-state index contributed by atoms with van der Waals surface area (Å²) in [7, 11) is 0. The molecule has 0 spiro atoms. The van der Waals surface area contributed by atoms with Gasteiger partial charge in [-0.3, -0.25) is 14.5 Å². The summed E-state index contributed by atoms with van der Waals surface area (Å²) in [6, 6.07) is 7.31. The van der Waals surface area contributed by atoms with Crippen LogP contribution in [0.25, 0.3) is 0 Å². The highest BCUT2D eigenvalue weighted by molar-refractivity contribution is 6.03. The number of anilines is 1. The summed E-state index contributed by atoms with van der Waals surface area (Å²) in [5.74, 6) is 0.313. The van der Waals surface area contributed by atoms with Crippen LogP contribution in [0.4, 0.5) is 5.69 Å². The van der Waals surface area contributed by atoms with Crippen LogP contribution < -0.4 is 20.3 Å². The zero-order valence-electron chi connectivity index (χ0n) is 15.1. The molecule has 1 unspecified atom stereocenters. The quantitative estimate of drug-likeness (QED) is 0.706.